The zero-order chi connectivity index (χ0) is 19.2. The number of sulfone groups is 1. The number of rotatable bonds is 3. The van der Waals surface area contributed by atoms with Gasteiger partial charge in [-0.3, -0.25) is 4.57 Å². The smallest absolute Gasteiger partial charge is 0.175 e. The minimum absolute atomic E-state index is 0.144. The van der Waals surface area contributed by atoms with E-state index in [2.05, 4.69) is 11.1 Å². The summed E-state index contributed by atoms with van der Waals surface area (Å²) in [6.07, 6.45) is 1.15. The van der Waals surface area contributed by atoms with Crippen LogP contribution in [0.2, 0.25) is 0 Å². The van der Waals surface area contributed by atoms with Gasteiger partial charge < -0.3 is 9.47 Å². The molecule has 0 fully saturated rings. The van der Waals surface area contributed by atoms with E-state index in [0.717, 1.165) is 11.8 Å². The SMILES string of the molecule is COc1ccc(-c2c(C#N)nc3n2-c2ccc(S(C)(=O)=O)cc2OC3)cc1. The average Bonchev–Trinajstić information content (AvgIpc) is 3.06. The standard InChI is InChI=1S/C19H15N3O4S/c1-25-13-5-3-12(4-6-13)19-15(10-20)21-18-11-26-17-9-14(27(2,23)24)7-8-16(17)22(18)19/h3-9H,11H2,1-2H3. The monoisotopic (exact) mass is 381 g/mol. The Kier molecular flexibility index (Phi) is 3.89. The van der Waals surface area contributed by atoms with Gasteiger partial charge in [-0.05, 0) is 36.4 Å². The molecule has 0 bridgehead atoms. The fourth-order valence-electron chi connectivity index (χ4n) is 3.08. The van der Waals surface area contributed by atoms with Crippen LogP contribution in [0.4, 0.5) is 0 Å². The molecular formula is C19H15N3O4S. The van der Waals surface area contributed by atoms with Crippen LogP contribution in [0, 0.1) is 11.3 Å². The van der Waals surface area contributed by atoms with E-state index in [-0.39, 0.29) is 17.2 Å². The van der Waals surface area contributed by atoms with Crippen LogP contribution in [0.3, 0.4) is 0 Å². The Labute approximate surface area is 156 Å². The molecule has 2 heterocycles. The summed E-state index contributed by atoms with van der Waals surface area (Å²) in [5.41, 5.74) is 2.35. The third-order valence-corrected chi connectivity index (χ3v) is 5.48. The lowest BCUT2D eigenvalue weighted by Crippen LogP contribution is -2.14. The molecular weight excluding hydrogens is 366 g/mol. The molecule has 0 amide bonds. The van der Waals surface area contributed by atoms with Gasteiger partial charge in [-0.25, -0.2) is 13.4 Å². The van der Waals surface area contributed by atoms with Crippen molar-refractivity contribution in [3.63, 3.8) is 0 Å². The molecule has 1 aliphatic rings. The largest absolute Gasteiger partial charge is 0.497 e. The molecule has 0 saturated heterocycles. The summed E-state index contributed by atoms with van der Waals surface area (Å²) in [4.78, 5) is 4.56. The maximum Gasteiger partial charge on any atom is 0.175 e. The van der Waals surface area contributed by atoms with Gasteiger partial charge in [0.2, 0.25) is 0 Å². The van der Waals surface area contributed by atoms with Gasteiger partial charge in [-0.15, -0.1) is 0 Å². The van der Waals surface area contributed by atoms with Gasteiger partial charge in [0.1, 0.15) is 24.2 Å². The van der Waals surface area contributed by atoms with E-state index in [1.165, 1.54) is 12.1 Å². The van der Waals surface area contributed by atoms with Crippen molar-refractivity contribution >= 4 is 9.84 Å². The van der Waals surface area contributed by atoms with Gasteiger partial charge in [-0.1, -0.05) is 0 Å². The summed E-state index contributed by atoms with van der Waals surface area (Å²) in [6, 6.07) is 14.1. The van der Waals surface area contributed by atoms with Crippen LogP contribution in [0.1, 0.15) is 11.5 Å². The first-order valence-electron chi connectivity index (χ1n) is 8.06. The summed E-state index contributed by atoms with van der Waals surface area (Å²) >= 11 is 0. The number of nitrogens with zero attached hydrogens (tertiary/aromatic N) is 3. The highest BCUT2D eigenvalue weighted by Crippen LogP contribution is 2.37. The van der Waals surface area contributed by atoms with Gasteiger partial charge >= 0.3 is 0 Å². The van der Waals surface area contributed by atoms with Gasteiger partial charge in [0.05, 0.1) is 23.4 Å². The first-order chi connectivity index (χ1) is 12.9. The summed E-state index contributed by atoms with van der Waals surface area (Å²) < 4.78 is 36.4. The Morgan fingerprint density at radius 3 is 2.59 bits per heavy atom. The van der Waals surface area contributed by atoms with E-state index in [1.807, 2.05) is 28.8 Å². The van der Waals surface area contributed by atoms with E-state index < -0.39 is 9.84 Å². The molecule has 0 saturated carbocycles. The number of hydrogen-bond acceptors (Lipinski definition) is 6. The first-order valence-corrected chi connectivity index (χ1v) is 9.95. The predicted octanol–water partition coefficient (Wildman–Crippen LogP) is 2.72. The van der Waals surface area contributed by atoms with Gasteiger partial charge in [0, 0.05) is 17.9 Å². The fraction of sp³-hybridized carbons (Fsp3) is 0.158. The van der Waals surface area contributed by atoms with Crippen molar-refractivity contribution < 1.29 is 17.9 Å². The minimum Gasteiger partial charge on any atom is -0.497 e. The third kappa shape index (κ3) is 2.82. The third-order valence-electron chi connectivity index (χ3n) is 4.37. The molecule has 8 heteroatoms. The predicted molar refractivity (Wildman–Crippen MR) is 97.7 cm³/mol. The summed E-state index contributed by atoms with van der Waals surface area (Å²) in [5, 5.41) is 9.56. The molecule has 0 N–H and O–H groups in total. The van der Waals surface area contributed by atoms with E-state index in [9.17, 15) is 13.7 Å². The Morgan fingerprint density at radius 2 is 1.96 bits per heavy atom. The van der Waals surface area contributed by atoms with Crippen molar-refractivity contribution in [1.82, 2.24) is 9.55 Å². The van der Waals surface area contributed by atoms with Crippen LogP contribution in [0.5, 0.6) is 11.5 Å². The maximum atomic E-state index is 11.8. The van der Waals surface area contributed by atoms with Crippen molar-refractivity contribution in [2.24, 2.45) is 0 Å². The highest BCUT2D eigenvalue weighted by molar-refractivity contribution is 7.90. The molecule has 0 aliphatic carbocycles. The highest BCUT2D eigenvalue weighted by Gasteiger charge is 2.27. The molecule has 136 valence electrons. The number of ether oxygens (including phenoxy) is 2. The number of imidazole rings is 1. The van der Waals surface area contributed by atoms with Crippen molar-refractivity contribution in [3.05, 3.63) is 54.0 Å². The average molecular weight is 381 g/mol. The van der Waals surface area contributed by atoms with Crippen LogP contribution >= 0.6 is 0 Å². The molecule has 27 heavy (non-hydrogen) atoms. The maximum absolute atomic E-state index is 11.8. The van der Waals surface area contributed by atoms with Crippen LogP contribution in [-0.2, 0) is 16.4 Å². The lowest BCUT2D eigenvalue weighted by Gasteiger charge is -2.22. The second-order valence-corrected chi connectivity index (χ2v) is 8.11. The number of aromatic nitrogens is 2. The Hall–Kier alpha value is -3.31. The molecule has 2 aromatic carbocycles. The first kappa shape index (κ1) is 17.1. The summed E-state index contributed by atoms with van der Waals surface area (Å²) in [6.45, 7) is 0.144. The van der Waals surface area contributed by atoms with E-state index in [1.54, 1.807) is 13.2 Å². The Balaban J connectivity index is 1.94. The summed E-state index contributed by atoms with van der Waals surface area (Å²) in [5.74, 6) is 1.72. The fourth-order valence-corrected chi connectivity index (χ4v) is 3.72. The number of nitriles is 1. The zero-order valence-electron chi connectivity index (χ0n) is 14.6. The number of methoxy groups -OCH3 is 1. The van der Waals surface area contributed by atoms with Crippen LogP contribution < -0.4 is 9.47 Å². The van der Waals surface area contributed by atoms with E-state index in [0.29, 0.717) is 28.7 Å². The lowest BCUT2D eigenvalue weighted by molar-refractivity contribution is 0.279. The van der Waals surface area contributed by atoms with Crippen LogP contribution in [0.15, 0.2) is 47.4 Å². The van der Waals surface area contributed by atoms with Crippen molar-refractivity contribution in [3.8, 4) is 34.5 Å². The topological polar surface area (TPSA) is 94.2 Å². The molecule has 0 radical (unpaired) electrons. The Bertz CT molecular complexity index is 1190. The quantitative estimate of drug-likeness (QED) is 0.692. The molecule has 1 aromatic heterocycles. The molecule has 0 spiro atoms. The molecule has 0 unspecified atom stereocenters. The van der Waals surface area contributed by atoms with Crippen molar-refractivity contribution in [1.29, 1.82) is 5.26 Å². The Morgan fingerprint density at radius 1 is 1.22 bits per heavy atom. The van der Waals surface area contributed by atoms with Gasteiger partial charge in [0.15, 0.2) is 21.4 Å². The summed E-state index contributed by atoms with van der Waals surface area (Å²) in [7, 11) is -1.77. The number of fused-ring (bicyclic) bond motifs is 3. The second-order valence-electron chi connectivity index (χ2n) is 6.09. The highest BCUT2D eigenvalue weighted by atomic mass is 32.2. The van der Waals surface area contributed by atoms with Crippen LogP contribution in [0.25, 0.3) is 16.9 Å². The molecule has 7 nitrogen and oxygen atoms in total. The lowest BCUT2D eigenvalue weighted by atomic mass is 10.1. The normalized spacial score (nSPS) is 12.5. The molecule has 0 atom stereocenters. The second kappa shape index (κ2) is 6.14. The number of hydrogen-bond donors (Lipinski definition) is 0. The molecule has 1 aliphatic heterocycles. The van der Waals surface area contributed by atoms with Gasteiger partial charge in [-0.2, -0.15) is 5.26 Å². The van der Waals surface area contributed by atoms with E-state index in [4.69, 9.17) is 9.47 Å². The molecule has 3 aromatic rings. The van der Waals surface area contributed by atoms with Crippen LogP contribution in [-0.4, -0.2) is 31.3 Å². The van der Waals surface area contributed by atoms with Crippen molar-refractivity contribution in [2.45, 2.75) is 11.5 Å². The van der Waals surface area contributed by atoms with Gasteiger partial charge in [0.25, 0.3) is 0 Å². The van der Waals surface area contributed by atoms with E-state index >= 15 is 0 Å². The zero-order valence-corrected chi connectivity index (χ0v) is 15.4. The minimum atomic E-state index is -3.35. The van der Waals surface area contributed by atoms with Crippen molar-refractivity contribution in [2.75, 3.05) is 13.4 Å². The number of benzene rings is 2. The molecule has 4 rings (SSSR count).